The number of ether oxygens (including phenoxy) is 2. The molecular weight excluding hydrogens is 442 g/mol. The lowest BCUT2D eigenvalue weighted by molar-refractivity contribution is -0.123. The standard InChI is InChI=1S/C23H27N5O6/c1-2-3-10-34-22(32)14-4-6-15(7-5-14)24-20(30)16-13-17(29)25-19-18(16)21(31)27-23(26-19)28-8-11-33-12-9-28/h4-7,16H,2-3,8-13H2,1H3,(H,24,30)(H2,25,26,27,29,31)/t16-/m0/s1. The van der Waals surface area contributed by atoms with Gasteiger partial charge in [-0.1, -0.05) is 13.3 Å². The summed E-state index contributed by atoms with van der Waals surface area (Å²) in [6.45, 7) is 4.49. The number of carbonyl (C=O) groups is 3. The number of nitrogens with one attached hydrogen (secondary N) is 3. The number of H-pyrrole nitrogens is 1. The predicted molar refractivity (Wildman–Crippen MR) is 124 cm³/mol. The van der Waals surface area contributed by atoms with E-state index < -0.39 is 29.3 Å². The van der Waals surface area contributed by atoms with E-state index in [2.05, 4.69) is 20.6 Å². The zero-order chi connectivity index (χ0) is 24.1. The SMILES string of the molecule is CCCCOC(=O)c1ccc(NC(=O)[C@H]2CC(=O)Nc3nc(N4CCOCC4)[nH]c(=O)c32)cc1. The number of esters is 1. The van der Waals surface area contributed by atoms with Crippen LogP contribution in [-0.4, -0.2) is 60.7 Å². The molecule has 1 aromatic heterocycles. The molecule has 2 aliphatic rings. The van der Waals surface area contributed by atoms with E-state index in [4.69, 9.17) is 9.47 Å². The molecule has 0 saturated carbocycles. The molecule has 0 bridgehead atoms. The Bertz CT molecular complexity index is 1120. The van der Waals surface area contributed by atoms with Crippen LogP contribution in [0.2, 0.25) is 0 Å². The highest BCUT2D eigenvalue weighted by atomic mass is 16.5. The van der Waals surface area contributed by atoms with Crippen LogP contribution in [0.5, 0.6) is 0 Å². The van der Waals surface area contributed by atoms with Crippen molar-refractivity contribution in [1.82, 2.24) is 9.97 Å². The molecule has 2 aromatic rings. The van der Waals surface area contributed by atoms with Crippen molar-refractivity contribution in [1.29, 1.82) is 0 Å². The maximum Gasteiger partial charge on any atom is 0.338 e. The Kier molecular flexibility index (Phi) is 7.21. The van der Waals surface area contributed by atoms with E-state index in [-0.39, 0.29) is 17.8 Å². The second kappa shape index (κ2) is 10.5. The van der Waals surface area contributed by atoms with Crippen molar-refractivity contribution in [2.24, 2.45) is 0 Å². The Morgan fingerprint density at radius 3 is 2.65 bits per heavy atom. The molecule has 0 unspecified atom stereocenters. The summed E-state index contributed by atoms with van der Waals surface area (Å²) < 4.78 is 10.5. The van der Waals surface area contributed by atoms with E-state index in [1.165, 1.54) is 0 Å². The molecule has 4 rings (SSSR count). The average Bonchev–Trinajstić information content (AvgIpc) is 2.84. The monoisotopic (exact) mass is 469 g/mol. The van der Waals surface area contributed by atoms with Crippen LogP contribution in [0.1, 0.15) is 48.0 Å². The highest BCUT2D eigenvalue weighted by Crippen LogP contribution is 2.30. The van der Waals surface area contributed by atoms with E-state index in [0.717, 1.165) is 12.8 Å². The lowest BCUT2D eigenvalue weighted by Gasteiger charge is -2.29. The number of rotatable bonds is 7. The number of unbranched alkanes of at least 4 members (excludes halogenated alkanes) is 1. The molecule has 34 heavy (non-hydrogen) atoms. The smallest absolute Gasteiger partial charge is 0.338 e. The first kappa shape index (κ1) is 23.4. The first-order valence-corrected chi connectivity index (χ1v) is 11.3. The van der Waals surface area contributed by atoms with Crippen molar-refractivity contribution in [3.8, 4) is 0 Å². The van der Waals surface area contributed by atoms with Crippen molar-refractivity contribution in [3.05, 3.63) is 45.7 Å². The lowest BCUT2D eigenvalue weighted by atomic mass is 9.92. The summed E-state index contributed by atoms with van der Waals surface area (Å²) in [5.74, 6) is -1.93. The number of hydrogen-bond donors (Lipinski definition) is 3. The summed E-state index contributed by atoms with van der Waals surface area (Å²) in [4.78, 5) is 59.2. The summed E-state index contributed by atoms with van der Waals surface area (Å²) in [6.07, 6.45) is 1.54. The van der Waals surface area contributed by atoms with Crippen LogP contribution in [0.4, 0.5) is 17.5 Å². The van der Waals surface area contributed by atoms with Gasteiger partial charge in [-0.15, -0.1) is 0 Å². The van der Waals surface area contributed by atoms with Gasteiger partial charge in [-0.3, -0.25) is 19.4 Å². The van der Waals surface area contributed by atoms with E-state index in [9.17, 15) is 19.2 Å². The minimum Gasteiger partial charge on any atom is -0.462 e. The number of aromatic nitrogens is 2. The third-order valence-corrected chi connectivity index (χ3v) is 5.68. The summed E-state index contributed by atoms with van der Waals surface area (Å²) in [5.41, 5.74) is 0.437. The Morgan fingerprint density at radius 1 is 1.21 bits per heavy atom. The molecule has 2 amide bonds. The van der Waals surface area contributed by atoms with Crippen LogP contribution in [0.25, 0.3) is 0 Å². The van der Waals surface area contributed by atoms with Crippen molar-refractivity contribution < 1.29 is 23.9 Å². The molecular formula is C23H27N5O6. The Hall–Kier alpha value is -3.73. The molecule has 3 heterocycles. The molecule has 11 heteroatoms. The van der Waals surface area contributed by atoms with Crippen LogP contribution >= 0.6 is 0 Å². The molecule has 1 fully saturated rings. The molecule has 0 radical (unpaired) electrons. The molecule has 3 N–H and O–H groups in total. The van der Waals surface area contributed by atoms with Gasteiger partial charge in [0.2, 0.25) is 17.8 Å². The second-order valence-electron chi connectivity index (χ2n) is 8.11. The minimum atomic E-state index is -1.00. The number of morpholine rings is 1. The van der Waals surface area contributed by atoms with E-state index >= 15 is 0 Å². The lowest BCUT2D eigenvalue weighted by Crippen LogP contribution is -2.41. The summed E-state index contributed by atoms with van der Waals surface area (Å²) in [6, 6.07) is 6.24. The third-order valence-electron chi connectivity index (χ3n) is 5.68. The van der Waals surface area contributed by atoms with Gasteiger partial charge in [-0.25, -0.2) is 4.79 Å². The summed E-state index contributed by atoms with van der Waals surface area (Å²) >= 11 is 0. The first-order valence-electron chi connectivity index (χ1n) is 11.3. The van der Waals surface area contributed by atoms with Gasteiger partial charge in [0.25, 0.3) is 5.56 Å². The van der Waals surface area contributed by atoms with Crippen molar-refractivity contribution in [2.45, 2.75) is 32.1 Å². The summed E-state index contributed by atoms with van der Waals surface area (Å²) in [7, 11) is 0. The molecule has 180 valence electrons. The fraction of sp³-hybridized carbons (Fsp3) is 0.435. The second-order valence-corrected chi connectivity index (χ2v) is 8.11. The van der Waals surface area contributed by atoms with Crippen molar-refractivity contribution >= 4 is 35.2 Å². The number of aromatic amines is 1. The number of hydrogen-bond acceptors (Lipinski definition) is 8. The Morgan fingerprint density at radius 2 is 1.94 bits per heavy atom. The minimum absolute atomic E-state index is 0.0896. The Balaban J connectivity index is 1.49. The van der Waals surface area contributed by atoms with E-state index in [1.807, 2.05) is 11.8 Å². The highest BCUT2D eigenvalue weighted by Gasteiger charge is 2.35. The average molecular weight is 469 g/mol. The largest absolute Gasteiger partial charge is 0.462 e. The van der Waals surface area contributed by atoms with Gasteiger partial charge in [-0.05, 0) is 30.7 Å². The maximum atomic E-state index is 13.0. The first-order chi connectivity index (χ1) is 16.5. The summed E-state index contributed by atoms with van der Waals surface area (Å²) in [5, 5.41) is 5.33. The Labute approximate surface area is 195 Å². The van der Waals surface area contributed by atoms with Gasteiger partial charge >= 0.3 is 5.97 Å². The fourth-order valence-corrected chi connectivity index (χ4v) is 3.82. The zero-order valence-electron chi connectivity index (χ0n) is 18.9. The van der Waals surface area contributed by atoms with Crippen LogP contribution in [-0.2, 0) is 19.1 Å². The fourth-order valence-electron chi connectivity index (χ4n) is 3.82. The molecule has 1 saturated heterocycles. The van der Waals surface area contributed by atoms with Gasteiger partial charge < -0.3 is 25.0 Å². The van der Waals surface area contributed by atoms with Gasteiger partial charge in [-0.2, -0.15) is 4.98 Å². The maximum absolute atomic E-state index is 13.0. The normalized spacial score (nSPS) is 17.5. The number of amides is 2. The molecule has 1 atom stereocenters. The quantitative estimate of drug-likeness (QED) is 0.410. The predicted octanol–water partition coefficient (Wildman–Crippen LogP) is 1.63. The van der Waals surface area contributed by atoms with Crippen LogP contribution < -0.4 is 21.1 Å². The topological polar surface area (TPSA) is 143 Å². The molecule has 11 nitrogen and oxygen atoms in total. The van der Waals surface area contributed by atoms with Gasteiger partial charge in [0, 0.05) is 25.2 Å². The van der Waals surface area contributed by atoms with E-state index in [0.29, 0.717) is 50.1 Å². The highest BCUT2D eigenvalue weighted by molar-refractivity contribution is 6.04. The van der Waals surface area contributed by atoms with Crippen molar-refractivity contribution in [3.63, 3.8) is 0 Å². The molecule has 0 spiro atoms. The molecule has 1 aromatic carbocycles. The van der Waals surface area contributed by atoms with Crippen molar-refractivity contribution in [2.75, 3.05) is 48.4 Å². The van der Waals surface area contributed by atoms with E-state index in [1.54, 1.807) is 24.3 Å². The van der Waals surface area contributed by atoms with Crippen LogP contribution in [0, 0.1) is 0 Å². The number of benzene rings is 1. The van der Waals surface area contributed by atoms with Gasteiger partial charge in [0.15, 0.2) is 0 Å². The van der Waals surface area contributed by atoms with Gasteiger partial charge in [0.1, 0.15) is 5.82 Å². The molecule has 0 aliphatic carbocycles. The van der Waals surface area contributed by atoms with Crippen LogP contribution in [0.3, 0.4) is 0 Å². The molecule has 2 aliphatic heterocycles. The van der Waals surface area contributed by atoms with Gasteiger partial charge in [0.05, 0.1) is 36.9 Å². The number of anilines is 3. The number of nitrogens with zero attached hydrogens (tertiary/aromatic N) is 2. The third kappa shape index (κ3) is 5.25. The van der Waals surface area contributed by atoms with Crippen LogP contribution in [0.15, 0.2) is 29.1 Å². The zero-order valence-corrected chi connectivity index (χ0v) is 18.9. The number of fused-ring (bicyclic) bond motifs is 1. The number of carbonyl (C=O) groups excluding carboxylic acids is 3.